The van der Waals surface area contributed by atoms with Crippen molar-refractivity contribution in [3.8, 4) is 44.5 Å². The maximum absolute atomic E-state index is 2.49. The predicted molar refractivity (Wildman–Crippen MR) is 246 cm³/mol. The van der Waals surface area contributed by atoms with Crippen molar-refractivity contribution in [2.24, 2.45) is 0 Å². The van der Waals surface area contributed by atoms with Crippen molar-refractivity contribution in [2.75, 3.05) is 4.90 Å². The Labute approximate surface area is 344 Å². The van der Waals surface area contributed by atoms with Gasteiger partial charge < -0.3 is 4.90 Å². The SMILES string of the molecule is CC(C)(C)c1ccc(-c2ccccc2N(c2cccc(-c3cccc4c3C(C)(C)c3ccccc3-4)c2)c2ccc3c(c2)C(C)(c2ccccc2)c2ccccc2-3)cc1. The molecule has 0 fully saturated rings. The number of nitrogens with zero attached hydrogens (tertiary/aromatic N) is 1. The van der Waals surface area contributed by atoms with E-state index in [9.17, 15) is 0 Å². The van der Waals surface area contributed by atoms with Gasteiger partial charge in [0.15, 0.2) is 0 Å². The van der Waals surface area contributed by atoms with Crippen molar-refractivity contribution in [3.05, 3.63) is 221 Å². The molecule has 8 aromatic rings. The van der Waals surface area contributed by atoms with Crippen LogP contribution in [0.2, 0.25) is 0 Å². The van der Waals surface area contributed by atoms with Gasteiger partial charge in [-0.1, -0.05) is 192 Å². The Bertz CT molecular complexity index is 2850. The van der Waals surface area contributed by atoms with Gasteiger partial charge in [0, 0.05) is 27.8 Å². The molecule has 0 saturated carbocycles. The molecule has 1 unspecified atom stereocenters. The molecule has 8 aromatic carbocycles. The maximum Gasteiger partial charge on any atom is 0.0540 e. The zero-order valence-corrected chi connectivity index (χ0v) is 34.3. The minimum atomic E-state index is -0.315. The lowest BCUT2D eigenvalue weighted by molar-refractivity contribution is 0.590. The van der Waals surface area contributed by atoms with E-state index in [4.69, 9.17) is 0 Å². The largest absolute Gasteiger partial charge is 0.310 e. The van der Waals surface area contributed by atoms with Crippen LogP contribution in [0.5, 0.6) is 0 Å². The van der Waals surface area contributed by atoms with Gasteiger partial charge in [0.05, 0.1) is 5.69 Å². The molecular weight excluding hydrogens is 699 g/mol. The van der Waals surface area contributed by atoms with Crippen LogP contribution in [0.4, 0.5) is 17.1 Å². The van der Waals surface area contributed by atoms with E-state index in [1.54, 1.807) is 0 Å². The summed E-state index contributed by atoms with van der Waals surface area (Å²) in [7, 11) is 0. The first-order valence-electron chi connectivity index (χ1n) is 20.7. The molecule has 0 bridgehead atoms. The Kier molecular flexibility index (Phi) is 8.25. The van der Waals surface area contributed by atoms with Crippen LogP contribution in [-0.2, 0) is 16.2 Å². The summed E-state index contributed by atoms with van der Waals surface area (Å²) >= 11 is 0. The molecule has 0 spiro atoms. The van der Waals surface area contributed by atoms with Gasteiger partial charge >= 0.3 is 0 Å². The number of hydrogen-bond donors (Lipinski definition) is 0. The van der Waals surface area contributed by atoms with Crippen LogP contribution in [0.1, 0.15) is 74.9 Å². The monoisotopic (exact) mass is 747 g/mol. The summed E-state index contributed by atoms with van der Waals surface area (Å²) in [6.45, 7) is 14.0. The van der Waals surface area contributed by atoms with Gasteiger partial charge in [-0.2, -0.15) is 0 Å². The third kappa shape index (κ3) is 5.52. The van der Waals surface area contributed by atoms with Gasteiger partial charge in [-0.15, -0.1) is 0 Å². The van der Waals surface area contributed by atoms with E-state index >= 15 is 0 Å². The lowest BCUT2D eigenvalue weighted by Crippen LogP contribution is -2.23. The second-order valence-corrected chi connectivity index (χ2v) is 17.9. The first kappa shape index (κ1) is 35.9. The summed E-state index contributed by atoms with van der Waals surface area (Å²) in [5.41, 5.74) is 21.3. The molecule has 1 heteroatoms. The second kappa shape index (κ2) is 13.3. The molecule has 282 valence electrons. The van der Waals surface area contributed by atoms with E-state index < -0.39 is 0 Å². The Morgan fingerprint density at radius 1 is 0.397 bits per heavy atom. The zero-order chi connectivity index (χ0) is 39.8. The summed E-state index contributed by atoms with van der Waals surface area (Å²) in [6, 6.07) is 70.3. The molecular formula is C57H49N. The van der Waals surface area contributed by atoms with Crippen molar-refractivity contribution < 1.29 is 0 Å². The lowest BCUT2D eigenvalue weighted by atomic mass is 9.74. The fraction of sp³-hybridized carbons (Fsp3) is 0.158. The van der Waals surface area contributed by atoms with Gasteiger partial charge in [0.2, 0.25) is 0 Å². The van der Waals surface area contributed by atoms with E-state index in [0.29, 0.717) is 0 Å². The molecule has 2 aliphatic rings. The van der Waals surface area contributed by atoms with Crippen molar-refractivity contribution in [1.82, 2.24) is 0 Å². The molecule has 0 N–H and O–H groups in total. The lowest BCUT2D eigenvalue weighted by Gasteiger charge is -2.32. The Balaban J connectivity index is 1.19. The van der Waals surface area contributed by atoms with Crippen LogP contribution in [0, 0.1) is 0 Å². The molecule has 10 rings (SSSR count). The van der Waals surface area contributed by atoms with Crippen molar-refractivity contribution >= 4 is 17.1 Å². The molecule has 0 aliphatic heterocycles. The van der Waals surface area contributed by atoms with Gasteiger partial charge in [-0.3, -0.25) is 0 Å². The number of hydrogen-bond acceptors (Lipinski definition) is 1. The van der Waals surface area contributed by atoms with Gasteiger partial charge in [-0.25, -0.2) is 0 Å². The Morgan fingerprint density at radius 3 is 1.71 bits per heavy atom. The van der Waals surface area contributed by atoms with Crippen LogP contribution in [-0.4, -0.2) is 0 Å². The standard InChI is InChI=1S/C57H49N/c1-55(2,3)40-32-30-38(31-33-40)44-22-12-15-29-53(44)58(43-34-35-48-46-23-11-14-28-51(46)57(6,52(48)37-43)41-19-8-7-9-20-41)42-21-16-18-39(36-42)45-25-17-26-49-47-24-10-13-27-50(47)56(4,5)54(45)49/h7-37H,1-6H3. The smallest absolute Gasteiger partial charge is 0.0540 e. The molecule has 2 aliphatic carbocycles. The van der Waals surface area contributed by atoms with Crippen LogP contribution >= 0.6 is 0 Å². The van der Waals surface area contributed by atoms with Gasteiger partial charge in [0.25, 0.3) is 0 Å². The molecule has 0 radical (unpaired) electrons. The highest BCUT2D eigenvalue weighted by Crippen LogP contribution is 2.55. The first-order valence-corrected chi connectivity index (χ1v) is 20.7. The third-order valence-electron chi connectivity index (χ3n) is 13.1. The predicted octanol–water partition coefficient (Wildman–Crippen LogP) is 15.4. The Hall–Kier alpha value is -6.44. The molecule has 0 saturated heterocycles. The highest BCUT2D eigenvalue weighted by molar-refractivity contribution is 5.93. The number of benzene rings is 8. The number of fused-ring (bicyclic) bond motifs is 6. The van der Waals surface area contributed by atoms with Crippen LogP contribution in [0.3, 0.4) is 0 Å². The zero-order valence-electron chi connectivity index (χ0n) is 34.3. The number of anilines is 3. The van der Waals surface area contributed by atoms with Crippen molar-refractivity contribution in [2.45, 2.75) is 57.8 Å². The van der Waals surface area contributed by atoms with Crippen LogP contribution in [0.25, 0.3) is 44.5 Å². The van der Waals surface area contributed by atoms with E-state index in [0.717, 1.165) is 17.1 Å². The van der Waals surface area contributed by atoms with Crippen molar-refractivity contribution in [3.63, 3.8) is 0 Å². The molecule has 1 nitrogen and oxygen atoms in total. The third-order valence-corrected chi connectivity index (χ3v) is 13.1. The van der Waals surface area contributed by atoms with Crippen LogP contribution < -0.4 is 4.90 Å². The minimum absolute atomic E-state index is 0.0749. The fourth-order valence-electron chi connectivity index (χ4n) is 10.1. The summed E-state index contributed by atoms with van der Waals surface area (Å²) in [4.78, 5) is 2.49. The summed E-state index contributed by atoms with van der Waals surface area (Å²) in [5.74, 6) is 0. The first-order chi connectivity index (χ1) is 28.0. The quantitative estimate of drug-likeness (QED) is 0.164. The van der Waals surface area contributed by atoms with Gasteiger partial charge in [-0.05, 0) is 115 Å². The number of rotatable bonds is 6. The van der Waals surface area contributed by atoms with E-state index in [1.807, 2.05) is 0 Å². The molecule has 0 aromatic heterocycles. The van der Waals surface area contributed by atoms with E-state index in [2.05, 4.69) is 234 Å². The fourth-order valence-corrected chi connectivity index (χ4v) is 10.1. The topological polar surface area (TPSA) is 3.24 Å². The highest BCUT2D eigenvalue weighted by Gasteiger charge is 2.41. The maximum atomic E-state index is 2.49. The number of para-hydroxylation sites is 1. The second-order valence-electron chi connectivity index (χ2n) is 17.9. The summed E-state index contributed by atoms with van der Waals surface area (Å²) in [6.07, 6.45) is 0. The Morgan fingerprint density at radius 2 is 0.966 bits per heavy atom. The normalized spacial score (nSPS) is 16.0. The van der Waals surface area contributed by atoms with E-state index in [1.165, 1.54) is 77.9 Å². The highest BCUT2D eigenvalue weighted by atomic mass is 15.1. The molecule has 58 heavy (non-hydrogen) atoms. The summed E-state index contributed by atoms with van der Waals surface area (Å²) in [5, 5.41) is 0. The summed E-state index contributed by atoms with van der Waals surface area (Å²) < 4.78 is 0. The average Bonchev–Trinajstić information content (AvgIpc) is 3.65. The molecule has 0 amide bonds. The van der Waals surface area contributed by atoms with Crippen LogP contribution in [0.15, 0.2) is 188 Å². The molecule has 1 atom stereocenters. The molecule has 0 heterocycles. The van der Waals surface area contributed by atoms with Crippen molar-refractivity contribution in [1.29, 1.82) is 0 Å². The minimum Gasteiger partial charge on any atom is -0.310 e. The van der Waals surface area contributed by atoms with Gasteiger partial charge in [0.1, 0.15) is 0 Å². The average molecular weight is 748 g/mol. The van der Waals surface area contributed by atoms with E-state index in [-0.39, 0.29) is 16.2 Å².